The van der Waals surface area contributed by atoms with E-state index in [1.54, 1.807) is 0 Å². The Morgan fingerprint density at radius 3 is 2.23 bits per heavy atom. The van der Waals surface area contributed by atoms with Crippen molar-refractivity contribution in [1.29, 1.82) is 0 Å². The van der Waals surface area contributed by atoms with Gasteiger partial charge in [0.1, 0.15) is 0 Å². The van der Waals surface area contributed by atoms with Crippen LogP contribution < -0.4 is 0 Å². The molecule has 0 amide bonds. The zero-order valence-electron chi connectivity index (χ0n) is 14.8. The molecule has 0 spiro atoms. The van der Waals surface area contributed by atoms with Crippen LogP contribution in [0, 0.1) is 0 Å². The molecule has 0 aromatic heterocycles. The number of aliphatic carboxylic acids is 2. The van der Waals surface area contributed by atoms with Crippen molar-refractivity contribution in [2.24, 2.45) is 0 Å². The minimum Gasteiger partial charge on any atom is -0.481 e. The molecule has 0 radical (unpaired) electrons. The van der Waals surface area contributed by atoms with E-state index < -0.39 is 50.3 Å². The lowest BCUT2D eigenvalue weighted by molar-refractivity contribution is -0.138. The molecule has 0 unspecified atom stereocenters. The number of carbonyl (C=O) groups is 2. The van der Waals surface area contributed by atoms with Gasteiger partial charge < -0.3 is 10.2 Å². The van der Waals surface area contributed by atoms with Crippen molar-refractivity contribution in [3.8, 4) is 0 Å². The first kappa shape index (κ1) is 3.98. The van der Waals surface area contributed by atoms with E-state index in [0.717, 1.165) is 0 Å². The van der Waals surface area contributed by atoms with Crippen molar-refractivity contribution in [2.45, 2.75) is 44.8 Å². The first-order chi connectivity index (χ1) is 9.11. The Morgan fingerprint density at radius 2 is 1.69 bits per heavy atom. The summed E-state index contributed by atoms with van der Waals surface area (Å²) in [6.45, 7) is 0. The zero-order chi connectivity index (χ0) is 17.3. The second kappa shape index (κ2) is 7.58. The summed E-state index contributed by atoms with van der Waals surface area (Å²) in [6, 6.07) is 0. The van der Waals surface area contributed by atoms with E-state index in [2.05, 4.69) is 0 Å². The van der Waals surface area contributed by atoms with Crippen molar-refractivity contribution < 1.29 is 30.8 Å². The minimum absolute atomic E-state index is 0.298. The summed E-state index contributed by atoms with van der Waals surface area (Å²) < 4.78 is 59.3. The maximum absolute atomic E-state index is 10.8. The first-order valence-electron chi connectivity index (χ1n) is 7.56. The monoisotopic (exact) mass is 196 g/mol. The van der Waals surface area contributed by atoms with Crippen LogP contribution in [-0.4, -0.2) is 22.2 Å². The van der Waals surface area contributed by atoms with Gasteiger partial charge in [-0.05, 0) is 12.8 Å². The van der Waals surface area contributed by atoms with Crippen LogP contribution in [0.5, 0.6) is 0 Å². The standard InChI is InChI=1S/C9H16O4/c10-8(11)6-4-2-1-3-5-7-9(12)13/h1-7H2,(H,10,11)(H,12,13)/i1D2,2D2,4D2,6D2. The summed E-state index contributed by atoms with van der Waals surface area (Å²) in [7, 11) is 0. The highest BCUT2D eigenvalue weighted by atomic mass is 16.4. The number of carboxylic acids is 2. The van der Waals surface area contributed by atoms with Gasteiger partial charge in [-0.25, -0.2) is 0 Å². The van der Waals surface area contributed by atoms with E-state index in [9.17, 15) is 9.59 Å². The van der Waals surface area contributed by atoms with Crippen LogP contribution in [0.4, 0.5) is 0 Å². The van der Waals surface area contributed by atoms with Crippen molar-refractivity contribution in [3.63, 3.8) is 0 Å². The molecule has 0 aromatic carbocycles. The smallest absolute Gasteiger partial charge is 0.303 e. The van der Waals surface area contributed by atoms with Gasteiger partial charge in [0, 0.05) is 23.8 Å². The Labute approximate surface area is 88.8 Å². The van der Waals surface area contributed by atoms with Gasteiger partial charge >= 0.3 is 11.9 Å². The van der Waals surface area contributed by atoms with Gasteiger partial charge in [0.15, 0.2) is 0 Å². The Morgan fingerprint density at radius 1 is 1.00 bits per heavy atom. The molecule has 0 fully saturated rings. The summed E-state index contributed by atoms with van der Waals surface area (Å²) in [5, 5.41) is 17.1. The summed E-state index contributed by atoms with van der Waals surface area (Å²) in [5.74, 6) is -3.49. The zero-order valence-corrected chi connectivity index (χ0v) is 6.83. The van der Waals surface area contributed by atoms with Crippen LogP contribution in [0.2, 0.25) is 0 Å². The highest BCUT2D eigenvalue weighted by molar-refractivity contribution is 5.66. The Balaban J connectivity index is 5.42. The molecule has 13 heavy (non-hydrogen) atoms. The lowest BCUT2D eigenvalue weighted by Gasteiger charge is -1.97. The highest BCUT2D eigenvalue weighted by Gasteiger charge is 1.98. The second-order valence-electron chi connectivity index (χ2n) is 2.10. The number of hydrogen-bond acceptors (Lipinski definition) is 2. The molecule has 0 aliphatic carbocycles. The number of hydrogen-bond donors (Lipinski definition) is 2. The van der Waals surface area contributed by atoms with E-state index in [1.165, 1.54) is 0 Å². The van der Waals surface area contributed by atoms with Crippen LogP contribution in [0.3, 0.4) is 0 Å². The van der Waals surface area contributed by atoms with Gasteiger partial charge in [-0.1, -0.05) is 19.2 Å². The van der Waals surface area contributed by atoms with Gasteiger partial charge in [0.25, 0.3) is 0 Å². The molecule has 2 N–H and O–H groups in total. The number of rotatable bonds is 8. The molecule has 0 heterocycles. The molecule has 0 saturated carbocycles. The third-order valence-electron chi connectivity index (χ3n) is 1.01. The SMILES string of the molecule is [2H]C([2H])(CCCC(=O)O)C([2H])([2H])C([2H])([2H])C([2H])([2H])C(=O)O. The topological polar surface area (TPSA) is 74.6 Å². The van der Waals surface area contributed by atoms with E-state index in [-0.39, 0.29) is 6.42 Å². The maximum Gasteiger partial charge on any atom is 0.303 e. The molecular weight excluding hydrogens is 172 g/mol. The van der Waals surface area contributed by atoms with E-state index in [4.69, 9.17) is 21.2 Å². The van der Waals surface area contributed by atoms with Crippen molar-refractivity contribution in [1.82, 2.24) is 0 Å². The molecule has 76 valence electrons. The third-order valence-corrected chi connectivity index (χ3v) is 1.01. The fourth-order valence-electron chi connectivity index (χ4n) is 0.519. The van der Waals surface area contributed by atoms with Gasteiger partial charge in [0.05, 0.1) is 0 Å². The predicted molar refractivity (Wildman–Crippen MR) is 47.6 cm³/mol. The van der Waals surface area contributed by atoms with E-state index in [1.807, 2.05) is 0 Å². The van der Waals surface area contributed by atoms with Gasteiger partial charge in [-0.15, -0.1) is 0 Å². The average molecular weight is 196 g/mol. The molecule has 0 bridgehead atoms. The first-order valence-corrected chi connectivity index (χ1v) is 3.56. The van der Waals surface area contributed by atoms with Crippen molar-refractivity contribution in [2.75, 3.05) is 0 Å². The van der Waals surface area contributed by atoms with Gasteiger partial charge in [-0.2, -0.15) is 0 Å². The molecule has 4 nitrogen and oxygen atoms in total. The summed E-state index contributed by atoms with van der Waals surface area (Å²) in [4.78, 5) is 21.1. The maximum atomic E-state index is 10.8. The lowest BCUT2D eigenvalue weighted by Crippen LogP contribution is -1.95. The van der Waals surface area contributed by atoms with Crippen LogP contribution in [0.15, 0.2) is 0 Å². The Hall–Kier alpha value is -1.06. The largest absolute Gasteiger partial charge is 0.481 e. The minimum atomic E-state index is -3.67. The molecular formula is C9H16O4. The van der Waals surface area contributed by atoms with Gasteiger partial charge in [0.2, 0.25) is 0 Å². The Bertz CT molecular complexity index is 420. The molecule has 4 heteroatoms. The van der Waals surface area contributed by atoms with Crippen LogP contribution >= 0.6 is 0 Å². The molecule has 0 atom stereocenters. The summed E-state index contributed by atoms with van der Waals surface area (Å²) in [5.41, 5.74) is 0. The molecule has 0 rings (SSSR count). The average Bonchev–Trinajstić information content (AvgIpc) is 2.26. The third kappa shape index (κ3) is 10.9. The number of carboxylic acid groups (broad SMARTS) is 2. The van der Waals surface area contributed by atoms with Crippen LogP contribution in [-0.2, 0) is 9.59 Å². The lowest BCUT2D eigenvalue weighted by atomic mass is 10.1. The highest BCUT2D eigenvalue weighted by Crippen LogP contribution is 2.06. The molecule has 0 saturated heterocycles. The Kier molecular flexibility index (Phi) is 2.32. The second-order valence-corrected chi connectivity index (χ2v) is 2.10. The van der Waals surface area contributed by atoms with Gasteiger partial charge in [-0.3, -0.25) is 9.59 Å². The van der Waals surface area contributed by atoms with Crippen molar-refractivity contribution >= 4 is 11.9 Å². The summed E-state index contributed by atoms with van der Waals surface area (Å²) >= 11 is 0. The molecule has 0 aliphatic heterocycles. The quantitative estimate of drug-likeness (QED) is 0.621. The molecule has 0 aromatic rings. The van der Waals surface area contributed by atoms with Crippen LogP contribution in [0.1, 0.15) is 55.7 Å². The fraction of sp³-hybridized carbons (Fsp3) is 0.778. The van der Waals surface area contributed by atoms with E-state index >= 15 is 0 Å². The molecule has 0 aliphatic rings. The fourth-order valence-corrected chi connectivity index (χ4v) is 0.519. The predicted octanol–water partition coefficient (Wildman–Crippen LogP) is 1.89. The van der Waals surface area contributed by atoms with Crippen LogP contribution in [0.25, 0.3) is 0 Å². The van der Waals surface area contributed by atoms with E-state index in [0.29, 0.717) is 0 Å². The van der Waals surface area contributed by atoms with Crippen molar-refractivity contribution in [3.05, 3.63) is 0 Å². The normalized spacial score (nSPS) is 23.4. The summed E-state index contributed by atoms with van der Waals surface area (Å²) in [6.07, 6.45) is -15.2.